The van der Waals surface area contributed by atoms with Gasteiger partial charge < -0.3 is 19.7 Å². The van der Waals surface area contributed by atoms with Crippen LogP contribution in [0, 0.1) is 0 Å². The lowest BCUT2D eigenvalue weighted by Gasteiger charge is -2.36. The largest absolute Gasteiger partial charge is 0.507 e. The van der Waals surface area contributed by atoms with Crippen molar-refractivity contribution < 1.29 is 19.7 Å². The zero-order valence-corrected chi connectivity index (χ0v) is 17.1. The predicted octanol–water partition coefficient (Wildman–Crippen LogP) is 5.94. The third kappa shape index (κ3) is 6.35. The number of hydrogen-bond donors (Lipinski definition) is 2. The van der Waals surface area contributed by atoms with Gasteiger partial charge in [-0.05, 0) is 62.9 Å². The molecule has 1 aliphatic heterocycles. The van der Waals surface area contributed by atoms with Crippen LogP contribution in [0.5, 0.6) is 5.75 Å². The SMILES string of the molecule is CCC1CC(CCC[C@H](C)O)OC(c2cc(N=Nc3ccccc3)ccc2O)O1. The molecule has 4 atom stereocenters. The molecule has 6 heteroatoms. The van der Waals surface area contributed by atoms with Crippen LogP contribution in [-0.2, 0) is 9.47 Å². The van der Waals surface area contributed by atoms with Crippen molar-refractivity contribution in [3.05, 3.63) is 54.1 Å². The number of phenols is 1. The maximum Gasteiger partial charge on any atom is 0.188 e. The molecule has 1 fully saturated rings. The average Bonchev–Trinajstić information content (AvgIpc) is 2.73. The van der Waals surface area contributed by atoms with Gasteiger partial charge in [-0.15, -0.1) is 0 Å². The van der Waals surface area contributed by atoms with E-state index in [1.807, 2.05) is 30.3 Å². The monoisotopic (exact) mass is 398 g/mol. The quantitative estimate of drug-likeness (QED) is 0.539. The Kier molecular flexibility index (Phi) is 7.75. The first-order valence-corrected chi connectivity index (χ1v) is 10.3. The Morgan fingerprint density at radius 3 is 2.48 bits per heavy atom. The summed E-state index contributed by atoms with van der Waals surface area (Å²) in [5.74, 6) is 0.119. The molecule has 0 spiro atoms. The smallest absolute Gasteiger partial charge is 0.188 e. The zero-order chi connectivity index (χ0) is 20.6. The Hall–Kier alpha value is -2.28. The van der Waals surface area contributed by atoms with Crippen LogP contribution in [0.2, 0.25) is 0 Å². The number of azo groups is 1. The van der Waals surface area contributed by atoms with Crippen LogP contribution in [0.3, 0.4) is 0 Å². The summed E-state index contributed by atoms with van der Waals surface area (Å²) in [5, 5.41) is 28.4. The van der Waals surface area contributed by atoms with E-state index < -0.39 is 6.29 Å². The molecule has 1 saturated heterocycles. The first-order valence-electron chi connectivity index (χ1n) is 10.3. The number of rotatable bonds is 8. The summed E-state index contributed by atoms with van der Waals surface area (Å²) in [6, 6.07) is 14.6. The molecular formula is C23H30N2O4. The molecule has 29 heavy (non-hydrogen) atoms. The highest BCUT2D eigenvalue weighted by Crippen LogP contribution is 2.38. The van der Waals surface area contributed by atoms with Crippen molar-refractivity contribution in [1.82, 2.24) is 0 Å². The van der Waals surface area contributed by atoms with Crippen LogP contribution in [0.15, 0.2) is 58.8 Å². The van der Waals surface area contributed by atoms with Crippen molar-refractivity contribution in [3.63, 3.8) is 0 Å². The third-order valence-electron chi connectivity index (χ3n) is 5.06. The maximum absolute atomic E-state index is 10.4. The summed E-state index contributed by atoms with van der Waals surface area (Å²) < 4.78 is 12.2. The fourth-order valence-corrected chi connectivity index (χ4v) is 3.43. The number of ether oxygens (including phenoxy) is 2. The molecule has 0 bridgehead atoms. The van der Waals surface area contributed by atoms with Gasteiger partial charge in [0.2, 0.25) is 0 Å². The summed E-state index contributed by atoms with van der Waals surface area (Å²) in [6.07, 6.45) is 3.36. The van der Waals surface area contributed by atoms with E-state index in [1.165, 1.54) is 0 Å². The van der Waals surface area contributed by atoms with Crippen molar-refractivity contribution in [2.24, 2.45) is 10.2 Å². The Morgan fingerprint density at radius 2 is 1.76 bits per heavy atom. The number of nitrogens with zero attached hydrogens (tertiary/aromatic N) is 2. The molecule has 0 saturated carbocycles. The molecular weight excluding hydrogens is 368 g/mol. The Bertz CT molecular complexity index is 795. The number of hydrogen-bond acceptors (Lipinski definition) is 6. The molecule has 2 aromatic carbocycles. The molecule has 1 aliphatic rings. The minimum absolute atomic E-state index is 0.0338. The minimum Gasteiger partial charge on any atom is -0.507 e. The average molecular weight is 399 g/mol. The Balaban J connectivity index is 1.74. The first-order chi connectivity index (χ1) is 14.0. The summed E-state index contributed by atoms with van der Waals surface area (Å²) in [7, 11) is 0. The van der Waals surface area contributed by atoms with Crippen molar-refractivity contribution in [1.29, 1.82) is 0 Å². The molecule has 1 heterocycles. The minimum atomic E-state index is -0.642. The van der Waals surface area contributed by atoms with Gasteiger partial charge in [-0.1, -0.05) is 25.1 Å². The van der Waals surface area contributed by atoms with Crippen LogP contribution < -0.4 is 0 Å². The lowest BCUT2D eigenvalue weighted by molar-refractivity contribution is -0.249. The highest BCUT2D eigenvalue weighted by atomic mass is 16.7. The van der Waals surface area contributed by atoms with Crippen molar-refractivity contribution >= 4 is 11.4 Å². The molecule has 0 aromatic heterocycles. The van der Waals surface area contributed by atoms with Crippen LogP contribution in [0.4, 0.5) is 11.4 Å². The van der Waals surface area contributed by atoms with Gasteiger partial charge in [0.15, 0.2) is 6.29 Å². The Labute approximate surface area is 172 Å². The first kappa shape index (κ1) is 21.4. The number of aliphatic hydroxyl groups excluding tert-OH is 1. The van der Waals surface area contributed by atoms with E-state index in [1.54, 1.807) is 25.1 Å². The third-order valence-corrected chi connectivity index (χ3v) is 5.06. The lowest BCUT2D eigenvalue weighted by Crippen LogP contribution is -2.33. The Morgan fingerprint density at radius 1 is 1.03 bits per heavy atom. The molecule has 2 aromatic rings. The van der Waals surface area contributed by atoms with Crippen molar-refractivity contribution in [3.8, 4) is 5.75 Å². The van der Waals surface area contributed by atoms with E-state index in [9.17, 15) is 10.2 Å². The summed E-state index contributed by atoms with van der Waals surface area (Å²) in [6.45, 7) is 3.89. The van der Waals surface area contributed by atoms with Crippen molar-refractivity contribution in [2.75, 3.05) is 0 Å². The maximum atomic E-state index is 10.4. The van der Waals surface area contributed by atoms with Crippen LogP contribution in [-0.4, -0.2) is 28.5 Å². The lowest BCUT2D eigenvalue weighted by atomic mass is 10.0. The van der Waals surface area contributed by atoms with Gasteiger partial charge in [-0.3, -0.25) is 0 Å². The highest BCUT2D eigenvalue weighted by Gasteiger charge is 2.31. The number of aliphatic hydroxyl groups is 1. The molecule has 6 nitrogen and oxygen atoms in total. The molecule has 0 aliphatic carbocycles. The number of aromatic hydroxyl groups is 1. The van der Waals surface area contributed by atoms with Crippen LogP contribution in [0.25, 0.3) is 0 Å². The van der Waals surface area contributed by atoms with E-state index in [0.717, 1.165) is 37.8 Å². The summed E-state index contributed by atoms with van der Waals surface area (Å²) in [5.41, 5.74) is 1.95. The second-order valence-corrected chi connectivity index (χ2v) is 7.55. The molecule has 3 rings (SSSR count). The fourth-order valence-electron chi connectivity index (χ4n) is 3.43. The summed E-state index contributed by atoms with van der Waals surface area (Å²) in [4.78, 5) is 0. The molecule has 2 N–H and O–H groups in total. The standard InChI is InChI=1S/C23H30N2O4/c1-3-19-15-20(11-7-8-16(2)26)29-23(28-19)21-14-18(12-13-22(21)27)25-24-17-9-5-4-6-10-17/h4-6,9-10,12-14,16,19-20,23,26-27H,3,7-8,11,15H2,1-2H3/t16-,19?,20?,23?/m0/s1. The fraction of sp³-hybridized carbons (Fsp3) is 0.478. The van der Waals surface area contributed by atoms with Gasteiger partial charge in [0.1, 0.15) is 5.75 Å². The van der Waals surface area contributed by atoms with E-state index in [-0.39, 0.29) is 24.1 Å². The van der Waals surface area contributed by atoms with E-state index in [4.69, 9.17) is 9.47 Å². The normalized spacial score (nSPS) is 23.3. The second kappa shape index (κ2) is 10.5. The van der Waals surface area contributed by atoms with E-state index >= 15 is 0 Å². The van der Waals surface area contributed by atoms with Gasteiger partial charge in [-0.25, -0.2) is 0 Å². The summed E-state index contributed by atoms with van der Waals surface area (Å²) >= 11 is 0. The van der Waals surface area contributed by atoms with Gasteiger partial charge in [0.25, 0.3) is 0 Å². The molecule has 0 amide bonds. The van der Waals surface area contributed by atoms with Gasteiger partial charge in [0, 0.05) is 6.42 Å². The molecule has 3 unspecified atom stereocenters. The predicted molar refractivity (Wildman–Crippen MR) is 112 cm³/mol. The topological polar surface area (TPSA) is 83.6 Å². The second-order valence-electron chi connectivity index (χ2n) is 7.55. The molecule has 156 valence electrons. The van der Waals surface area contributed by atoms with Gasteiger partial charge in [0.05, 0.1) is 35.3 Å². The van der Waals surface area contributed by atoms with E-state index in [0.29, 0.717) is 11.3 Å². The van der Waals surface area contributed by atoms with E-state index in [2.05, 4.69) is 17.2 Å². The van der Waals surface area contributed by atoms with Crippen molar-refractivity contribution in [2.45, 2.75) is 70.6 Å². The zero-order valence-electron chi connectivity index (χ0n) is 17.1. The molecule has 0 radical (unpaired) electrons. The van der Waals surface area contributed by atoms with Gasteiger partial charge >= 0.3 is 0 Å². The van der Waals surface area contributed by atoms with Gasteiger partial charge in [-0.2, -0.15) is 10.2 Å². The highest BCUT2D eigenvalue weighted by molar-refractivity contribution is 5.48. The number of phenolic OH excluding ortho intramolecular Hbond substituents is 1. The van der Waals surface area contributed by atoms with Crippen LogP contribution in [0.1, 0.15) is 57.8 Å². The van der Waals surface area contributed by atoms with Crippen LogP contribution >= 0.6 is 0 Å². The number of benzene rings is 2.